The molecule has 0 N–H and O–H groups in total. The Morgan fingerprint density at radius 2 is 1.84 bits per heavy atom. The van der Waals surface area contributed by atoms with E-state index in [9.17, 15) is 9.18 Å². The standard InChI is InChI=1S/C13H15FN2O2.ClH/c1-16-8-6-12(7-9-16)15-18-13(17)10-2-4-11(14)5-3-10;/h2-5H,6-9H2,1H3;1H. The number of carbonyl (C=O) groups excluding carboxylic acids is 1. The molecule has 0 unspecified atom stereocenters. The molecule has 1 aromatic rings. The van der Waals surface area contributed by atoms with Gasteiger partial charge in [0.15, 0.2) is 0 Å². The summed E-state index contributed by atoms with van der Waals surface area (Å²) >= 11 is 0. The molecule has 19 heavy (non-hydrogen) atoms. The average Bonchev–Trinajstić information content (AvgIpc) is 2.38. The van der Waals surface area contributed by atoms with Crippen molar-refractivity contribution in [2.24, 2.45) is 5.16 Å². The number of nitrogens with zero attached hydrogens (tertiary/aromatic N) is 2. The molecular weight excluding hydrogens is 271 g/mol. The number of oxime groups is 1. The molecule has 1 heterocycles. The second kappa shape index (κ2) is 7.21. The van der Waals surface area contributed by atoms with Crippen molar-refractivity contribution < 1.29 is 14.0 Å². The van der Waals surface area contributed by atoms with Gasteiger partial charge in [-0.05, 0) is 31.3 Å². The highest BCUT2D eigenvalue weighted by Gasteiger charge is 2.13. The van der Waals surface area contributed by atoms with E-state index in [1.165, 1.54) is 24.3 Å². The first-order valence-corrected chi connectivity index (χ1v) is 5.86. The minimum atomic E-state index is -0.554. The van der Waals surface area contributed by atoms with E-state index in [4.69, 9.17) is 4.84 Å². The number of piperidine rings is 1. The minimum absolute atomic E-state index is 0. The molecule has 0 amide bonds. The second-order valence-corrected chi connectivity index (χ2v) is 4.35. The summed E-state index contributed by atoms with van der Waals surface area (Å²) in [5.74, 6) is -0.936. The lowest BCUT2D eigenvalue weighted by molar-refractivity contribution is 0.0512. The largest absolute Gasteiger partial charge is 0.365 e. The van der Waals surface area contributed by atoms with E-state index in [1.54, 1.807) is 0 Å². The fourth-order valence-corrected chi connectivity index (χ4v) is 1.71. The van der Waals surface area contributed by atoms with Gasteiger partial charge >= 0.3 is 5.97 Å². The maximum Gasteiger partial charge on any atom is 0.365 e. The van der Waals surface area contributed by atoms with Gasteiger partial charge in [0.25, 0.3) is 0 Å². The first-order chi connectivity index (χ1) is 8.65. The maximum absolute atomic E-state index is 12.7. The fourth-order valence-electron chi connectivity index (χ4n) is 1.71. The molecule has 0 bridgehead atoms. The SMILES string of the molecule is CN1CCC(=NOC(=O)c2ccc(F)cc2)CC1.Cl. The van der Waals surface area contributed by atoms with Crippen LogP contribution in [0.25, 0.3) is 0 Å². The third-order valence-corrected chi connectivity index (χ3v) is 2.90. The highest BCUT2D eigenvalue weighted by molar-refractivity contribution is 5.91. The van der Waals surface area contributed by atoms with Crippen LogP contribution in [0.15, 0.2) is 29.4 Å². The molecule has 6 heteroatoms. The topological polar surface area (TPSA) is 41.9 Å². The highest BCUT2D eigenvalue weighted by atomic mass is 35.5. The highest BCUT2D eigenvalue weighted by Crippen LogP contribution is 2.08. The molecule has 0 spiro atoms. The normalized spacial score (nSPS) is 15.6. The van der Waals surface area contributed by atoms with Crippen LogP contribution in [-0.4, -0.2) is 36.7 Å². The zero-order valence-corrected chi connectivity index (χ0v) is 11.5. The van der Waals surface area contributed by atoms with Crippen molar-refractivity contribution in [2.75, 3.05) is 20.1 Å². The van der Waals surface area contributed by atoms with E-state index in [0.717, 1.165) is 31.6 Å². The van der Waals surface area contributed by atoms with Gasteiger partial charge in [0.05, 0.1) is 11.3 Å². The molecule has 0 aliphatic carbocycles. The van der Waals surface area contributed by atoms with E-state index in [1.807, 2.05) is 7.05 Å². The molecule has 0 saturated carbocycles. The fraction of sp³-hybridized carbons (Fsp3) is 0.385. The van der Waals surface area contributed by atoms with Crippen molar-refractivity contribution in [3.8, 4) is 0 Å². The Kier molecular flexibility index (Phi) is 5.92. The zero-order valence-electron chi connectivity index (χ0n) is 10.6. The maximum atomic E-state index is 12.7. The number of rotatable bonds is 2. The van der Waals surface area contributed by atoms with Crippen LogP contribution in [0.3, 0.4) is 0 Å². The predicted octanol–water partition coefficient (Wildman–Crippen LogP) is 2.49. The lowest BCUT2D eigenvalue weighted by Crippen LogP contribution is -2.30. The van der Waals surface area contributed by atoms with E-state index in [-0.39, 0.29) is 18.2 Å². The first-order valence-electron chi connectivity index (χ1n) is 5.86. The van der Waals surface area contributed by atoms with Crippen LogP contribution in [0.1, 0.15) is 23.2 Å². The summed E-state index contributed by atoms with van der Waals surface area (Å²) in [5, 5.41) is 3.86. The van der Waals surface area contributed by atoms with Crippen LogP contribution in [0.2, 0.25) is 0 Å². The van der Waals surface area contributed by atoms with Crippen molar-refractivity contribution in [3.05, 3.63) is 35.6 Å². The summed E-state index contributed by atoms with van der Waals surface area (Å²) in [6.45, 7) is 1.85. The summed E-state index contributed by atoms with van der Waals surface area (Å²) in [7, 11) is 2.04. The third kappa shape index (κ3) is 4.61. The van der Waals surface area contributed by atoms with E-state index >= 15 is 0 Å². The molecule has 1 aliphatic heterocycles. The number of likely N-dealkylation sites (tertiary alicyclic amines) is 1. The first kappa shape index (κ1) is 15.6. The Hall–Kier alpha value is -1.46. The monoisotopic (exact) mass is 286 g/mol. The van der Waals surface area contributed by atoms with E-state index in [2.05, 4.69) is 10.1 Å². The van der Waals surface area contributed by atoms with Crippen molar-refractivity contribution >= 4 is 24.1 Å². The van der Waals surface area contributed by atoms with Gasteiger partial charge in [-0.1, -0.05) is 5.16 Å². The Bertz CT molecular complexity index is 452. The Balaban J connectivity index is 0.00000180. The van der Waals surface area contributed by atoms with Gasteiger partial charge in [-0.2, -0.15) is 0 Å². The van der Waals surface area contributed by atoms with Gasteiger partial charge < -0.3 is 9.74 Å². The summed E-state index contributed by atoms with van der Waals surface area (Å²) in [6.07, 6.45) is 1.63. The van der Waals surface area contributed by atoms with Crippen LogP contribution in [0.4, 0.5) is 4.39 Å². The second-order valence-electron chi connectivity index (χ2n) is 4.35. The van der Waals surface area contributed by atoms with Crippen molar-refractivity contribution in [3.63, 3.8) is 0 Å². The van der Waals surface area contributed by atoms with Crippen molar-refractivity contribution in [1.82, 2.24) is 4.90 Å². The van der Waals surface area contributed by atoms with Crippen LogP contribution in [-0.2, 0) is 4.84 Å². The van der Waals surface area contributed by atoms with Gasteiger partial charge in [-0.25, -0.2) is 9.18 Å². The van der Waals surface area contributed by atoms with Gasteiger partial charge in [0, 0.05) is 25.9 Å². The minimum Gasteiger partial charge on any atom is -0.313 e. The summed E-state index contributed by atoms with van der Waals surface area (Å²) in [4.78, 5) is 18.6. The van der Waals surface area contributed by atoms with Crippen LogP contribution >= 0.6 is 12.4 Å². The molecular formula is C13H16ClFN2O2. The van der Waals surface area contributed by atoms with Crippen LogP contribution in [0, 0.1) is 5.82 Å². The third-order valence-electron chi connectivity index (χ3n) is 2.90. The lowest BCUT2D eigenvalue weighted by atomic mass is 10.1. The smallest absolute Gasteiger partial charge is 0.313 e. The summed E-state index contributed by atoms with van der Waals surface area (Å²) in [6, 6.07) is 5.21. The van der Waals surface area contributed by atoms with Gasteiger partial charge in [0.2, 0.25) is 0 Å². The Morgan fingerprint density at radius 1 is 1.26 bits per heavy atom. The van der Waals surface area contributed by atoms with E-state index < -0.39 is 5.97 Å². The zero-order chi connectivity index (χ0) is 13.0. The molecule has 0 aromatic heterocycles. The number of benzene rings is 1. The molecule has 0 radical (unpaired) electrons. The molecule has 1 aliphatic rings. The molecule has 104 valence electrons. The van der Waals surface area contributed by atoms with Crippen LogP contribution in [0.5, 0.6) is 0 Å². The molecule has 1 fully saturated rings. The van der Waals surface area contributed by atoms with Gasteiger partial charge in [-0.3, -0.25) is 0 Å². The molecule has 1 saturated heterocycles. The molecule has 0 atom stereocenters. The van der Waals surface area contributed by atoms with E-state index in [0.29, 0.717) is 5.56 Å². The molecule has 1 aromatic carbocycles. The average molecular weight is 287 g/mol. The Morgan fingerprint density at radius 3 is 2.42 bits per heavy atom. The van der Waals surface area contributed by atoms with Crippen molar-refractivity contribution in [1.29, 1.82) is 0 Å². The van der Waals surface area contributed by atoms with Crippen molar-refractivity contribution in [2.45, 2.75) is 12.8 Å². The van der Waals surface area contributed by atoms with Crippen LogP contribution < -0.4 is 0 Å². The lowest BCUT2D eigenvalue weighted by Gasteiger charge is -2.22. The number of halogens is 2. The predicted molar refractivity (Wildman–Crippen MR) is 73.2 cm³/mol. The quantitative estimate of drug-likeness (QED) is 0.620. The van der Waals surface area contributed by atoms with Gasteiger partial charge in [-0.15, -0.1) is 12.4 Å². The number of hydrogen-bond acceptors (Lipinski definition) is 4. The molecule has 2 rings (SSSR count). The number of hydrogen-bond donors (Lipinski definition) is 0. The summed E-state index contributed by atoms with van der Waals surface area (Å²) in [5.41, 5.74) is 1.19. The Labute approximate surface area is 117 Å². The molecule has 4 nitrogen and oxygen atoms in total. The van der Waals surface area contributed by atoms with Gasteiger partial charge in [0.1, 0.15) is 5.82 Å². The summed E-state index contributed by atoms with van der Waals surface area (Å²) < 4.78 is 12.7. The number of carbonyl (C=O) groups is 1.